The molecule has 2 aromatic rings. The first-order chi connectivity index (χ1) is 14.6. The van der Waals surface area contributed by atoms with Gasteiger partial charge in [-0.1, -0.05) is 31.2 Å². The Morgan fingerprint density at radius 2 is 1.70 bits per heavy atom. The van der Waals surface area contributed by atoms with E-state index in [0.717, 1.165) is 68.3 Å². The van der Waals surface area contributed by atoms with Crippen LogP contribution in [0.1, 0.15) is 25.3 Å². The standard InChI is InChI=1S/C24H30N4O2/c1-2-26-14-16-27(17-15-26)22-7-4-3-6-21(22)25-23(29)18-19-9-11-20(12-10-19)28-13-5-8-24(28)30/h3-4,6-7,9-12H,2,5,8,13-18H2,1H3,(H,25,29). The van der Waals surface area contributed by atoms with E-state index in [4.69, 9.17) is 0 Å². The van der Waals surface area contributed by atoms with E-state index in [1.807, 2.05) is 47.4 Å². The Morgan fingerprint density at radius 1 is 0.967 bits per heavy atom. The summed E-state index contributed by atoms with van der Waals surface area (Å²) < 4.78 is 0. The summed E-state index contributed by atoms with van der Waals surface area (Å²) in [6, 6.07) is 15.8. The summed E-state index contributed by atoms with van der Waals surface area (Å²) in [7, 11) is 0. The van der Waals surface area contributed by atoms with Gasteiger partial charge in [0.15, 0.2) is 0 Å². The van der Waals surface area contributed by atoms with Crippen molar-refractivity contribution in [2.24, 2.45) is 0 Å². The van der Waals surface area contributed by atoms with Crippen molar-refractivity contribution in [1.29, 1.82) is 0 Å². The van der Waals surface area contributed by atoms with Crippen LogP contribution >= 0.6 is 0 Å². The molecule has 0 atom stereocenters. The molecule has 0 saturated carbocycles. The third-order valence-corrected chi connectivity index (χ3v) is 6.02. The van der Waals surface area contributed by atoms with Gasteiger partial charge in [-0.3, -0.25) is 9.59 Å². The predicted octanol–water partition coefficient (Wildman–Crippen LogP) is 3.14. The summed E-state index contributed by atoms with van der Waals surface area (Å²) in [5.41, 5.74) is 3.81. The molecule has 158 valence electrons. The summed E-state index contributed by atoms with van der Waals surface area (Å²) in [6.45, 7) is 8.09. The van der Waals surface area contributed by atoms with Gasteiger partial charge in [-0.05, 0) is 42.8 Å². The van der Waals surface area contributed by atoms with Crippen molar-refractivity contribution in [3.8, 4) is 0 Å². The van der Waals surface area contributed by atoms with Crippen LogP contribution in [0.4, 0.5) is 17.1 Å². The molecule has 4 rings (SSSR count). The maximum Gasteiger partial charge on any atom is 0.228 e. The van der Waals surface area contributed by atoms with Crippen molar-refractivity contribution in [2.75, 3.05) is 54.4 Å². The van der Waals surface area contributed by atoms with Crippen molar-refractivity contribution in [3.63, 3.8) is 0 Å². The van der Waals surface area contributed by atoms with Crippen LogP contribution in [0.15, 0.2) is 48.5 Å². The minimum Gasteiger partial charge on any atom is -0.367 e. The fourth-order valence-electron chi connectivity index (χ4n) is 4.25. The lowest BCUT2D eigenvalue weighted by Gasteiger charge is -2.36. The number of carbonyl (C=O) groups is 2. The Labute approximate surface area is 178 Å². The largest absolute Gasteiger partial charge is 0.367 e. The van der Waals surface area contributed by atoms with E-state index in [9.17, 15) is 9.59 Å². The number of carbonyl (C=O) groups excluding carboxylic acids is 2. The number of likely N-dealkylation sites (N-methyl/N-ethyl adjacent to an activating group) is 1. The van der Waals surface area contributed by atoms with Crippen LogP contribution in [0.25, 0.3) is 0 Å². The lowest BCUT2D eigenvalue weighted by Crippen LogP contribution is -2.46. The maximum atomic E-state index is 12.7. The average molecular weight is 407 g/mol. The first kappa shape index (κ1) is 20.4. The van der Waals surface area contributed by atoms with Crippen molar-refractivity contribution >= 4 is 28.9 Å². The summed E-state index contributed by atoms with van der Waals surface area (Å²) in [5.74, 6) is 0.150. The van der Waals surface area contributed by atoms with Gasteiger partial charge in [-0.2, -0.15) is 0 Å². The van der Waals surface area contributed by atoms with E-state index in [2.05, 4.69) is 28.1 Å². The molecule has 0 unspecified atom stereocenters. The summed E-state index contributed by atoms with van der Waals surface area (Å²) in [5, 5.41) is 3.10. The van der Waals surface area contributed by atoms with Gasteiger partial charge in [-0.25, -0.2) is 0 Å². The van der Waals surface area contributed by atoms with E-state index in [0.29, 0.717) is 12.8 Å². The second kappa shape index (κ2) is 9.30. The Balaban J connectivity index is 1.38. The Morgan fingerprint density at radius 3 is 2.37 bits per heavy atom. The second-order valence-corrected chi connectivity index (χ2v) is 7.98. The smallest absolute Gasteiger partial charge is 0.228 e. The van der Waals surface area contributed by atoms with Crippen molar-refractivity contribution < 1.29 is 9.59 Å². The molecule has 1 N–H and O–H groups in total. The molecule has 0 aromatic heterocycles. The molecule has 2 heterocycles. The quantitative estimate of drug-likeness (QED) is 0.801. The van der Waals surface area contributed by atoms with Gasteiger partial charge < -0.3 is 20.0 Å². The SMILES string of the molecule is CCN1CCN(c2ccccc2NC(=O)Cc2ccc(N3CCCC3=O)cc2)CC1. The summed E-state index contributed by atoms with van der Waals surface area (Å²) >= 11 is 0. The molecule has 2 aliphatic rings. The van der Waals surface area contributed by atoms with Crippen LogP contribution in [0, 0.1) is 0 Å². The molecule has 30 heavy (non-hydrogen) atoms. The molecule has 2 aliphatic heterocycles. The molecule has 2 amide bonds. The predicted molar refractivity (Wildman–Crippen MR) is 121 cm³/mol. The molecule has 2 fully saturated rings. The number of nitrogens with zero attached hydrogens (tertiary/aromatic N) is 3. The Bertz CT molecular complexity index is 888. The lowest BCUT2D eigenvalue weighted by molar-refractivity contribution is -0.117. The fraction of sp³-hybridized carbons (Fsp3) is 0.417. The van der Waals surface area contributed by atoms with Crippen LogP contribution in [-0.2, 0) is 16.0 Å². The van der Waals surface area contributed by atoms with Crippen LogP contribution in [0.3, 0.4) is 0 Å². The van der Waals surface area contributed by atoms with Gasteiger partial charge >= 0.3 is 0 Å². The molecule has 0 spiro atoms. The number of nitrogens with one attached hydrogen (secondary N) is 1. The zero-order valence-corrected chi connectivity index (χ0v) is 17.6. The van der Waals surface area contributed by atoms with E-state index in [-0.39, 0.29) is 11.8 Å². The first-order valence-corrected chi connectivity index (χ1v) is 10.9. The van der Waals surface area contributed by atoms with Crippen LogP contribution < -0.4 is 15.1 Å². The number of hydrogen-bond acceptors (Lipinski definition) is 4. The molecular formula is C24H30N4O2. The monoisotopic (exact) mass is 406 g/mol. The minimum atomic E-state index is -0.0281. The topological polar surface area (TPSA) is 55.9 Å². The molecular weight excluding hydrogens is 376 g/mol. The fourth-order valence-corrected chi connectivity index (χ4v) is 4.25. The van der Waals surface area contributed by atoms with Gasteiger partial charge in [0.05, 0.1) is 17.8 Å². The zero-order chi connectivity index (χ0) is 20.9. The molecule has 0 bridgehead atoms. The third-order valence-electron chi connectivity index (χ3n) is 6.02. The number of amides is 2. The molecule has 0 aliphatic carbocycles. The minimum absolute atomic E-state index is 0.0281. The third kappa shape index (κ3) is 4.65. The highest BCUT2D eigenvalue weighted by Crippen LogP contribution is 2.27. The van der Waals surface area contributed by atoms with Gasteiger partial charge in [0.1, 0.15) is 0 Å². The maximum absolute atomic E-state index is 12.7. The average Bonchev–Trinajstić information content (AvgIpc) is 3.20. The Kier molecular flexibility index (Phi) is 6.33. The highest BCUT2D eigenvalue weighted by atomic mass is 16.2. The molecule has 0 radical (unpaired) electrons. The lowest BCUT2D eigenvalue weighted by atomic mass is 10.1. The van der Waals surface area contributed by atoms with E-state index >= 15 is 0 Å². The molecule has 6 nitrogen and oxygen atoms in total. The van der Waals surface area contributed by atoms with Gasteiger partial charge in [0.2, 0.25) is 11.8 Å². The number of anilines is 3. The van der Waals surface area contributed by atoms with E-state index in [1.54, 1.807) is 0 Å². The summed E-state index contributed by atoms with van der Waals surface area (Å²) in [4.78, 5) is 31.2. The zero-order valence-electron chi connectivity index (χ0n) is 17.6. The molecule has 6 heteroatoms. The van der Waals surface area contributed by atoms with Crippen LogP contribution in [-0.4, -0.2) is 56.0 Å². The van der Waals surface area contributed by atoms with Gasteiger partial charge in [0, 0.05) is 44.8 Å². The van der Waals surface area contributed by atoms with Crippen molar-refractivity contribution in [3.05, 3.63) is 54.1 Å². The second-order valence-electron chi connectivity index (χ2n) is 7.98. The van der Waals surface area contributed by atoms with E-state index < -0.39 is 0 Å². The Hall–Kier alpha value is -2.86. The van der Waals surface area contributed by atoms with Crippen LogP contribution in [0.2, 0.25) is 0 Å². The number of piperazine rings is 1. The normalized spacial score (nSPS) is 17.4. The number of hydrogen-bond donors (Lipinski definition) is 1. The van der Waals surface area contributed by atoms with Crippen molar-refractivity contribution in [1.82, 2.24) is 4.90 Å². The number of benzene rings is 2. The summed E-state index contributed by atoms with van der Waals surface area (Å²) in [6.07, 6.45) is 1.85. The van der Waals surface area contributed by atoms with E-state index in [1.165, 1.54) is 0 Å². The molecule has 2 saturated heterocycles. The van der Waals surface area contributed by atoms with Crippen molar-refractivity contribution in [2.45, 2.75) is 26.2 Å². The van der Waals surface area contributed by atoms with Crippen LogP contribution in [0.5, 0.6) is 0 Å². The highest BCUT2D eigenvalue weighted by molar-refractivity contribution is 5.96. The number of para-hydroxylation sites is 2. The van der Waals surface area contributed by atoms with Gasteiger partial charge in [0.25, 0.3) is 0 Å². The first-order valence-electron chi connectivity index (χ1n) is 10.9. The van der Waals surface area contributed by atoms with Gasteiger partial charge in [-0.15, -0.1) is 0 Å². The highest BCUT2D eigenvalue weighted by Gasteiger charge is 2.22. The molecule has 2 aromatic carbocycles. The number of rotatable bonds is 6.